The normalized spacial score (nSPS) is 16.7. The monoisotopic (exact) mass is 521 g/mol. The third-order valence-corrected chi connectivity index (χ3v) is 8.53. The number of hydrogen-bond donors (Lipinski definition) is 1. The highest BCUT2D eigenvalue weighted by Crippen LogP contribution is 2.39. The van der Waals surface area contributed by atoms with Crippen LogP contribution in [0.1, 0.15) is 17.5 Å². The Morgan fingerprint density at radius 2 is 2.00 bits per heavy atom. The molecule has 3 aromatic rings. The molecule has 1 fully saturated rings. The summed E-state index contributed by atoms with van der Waals surface area (Å²) in [6.45, 7) is 1.19. The van der Waals surface area contributed by atoms with E-state index in [4.69, 9.17) is 10.00 Å². The summed E-state index contributed by atoms with van der Waals surface area (Å²) in [5.41, 5.74) is 0.610. The molecule has 1 aliphatic rings. The molecule has 1 saturated heterocycles. The lowest BCUT2D eigenvalue weighted by Gasteiger charge is -2.19. The first-order valence-corrected chi connectivity index (χ1v) is 13.0. The second kappa shape index (κ2) is 9.89. The fourth-order valence-corrected chi connectivity index (χ4v) is 6.19. The van der Waals surface area contributed by atoms with E-state index in [2.05, 4.69) is 10.8 Å². The number of nitrogens with zero attached hydrogens (tertiary/aromatic N) is 2. The summed E-state index contributed by atoms with van der Waals surface area (Å²) < 4.78 is 74.6. The number of alkyl halides is 3. The van der Waals surface area contributed by atoms with Crippen LogP contribution in [-0.2, 0) is 22.6 Å². The molecule has 0 saturated carbocycles. The number of anilines is 1. The van der Waals surface area contributed by atoms with E-state index < -0.39 is 33.6 Å². The first kappa shape index (κ1) is 25.0. The van der Waals surface area contributed by atoms with Crippen LogP contribution in [0.2, 0.25) is 0 Å². The van der Waals surface area contributed by atoms with E-state index in [-0.39, 0.29) is 16.3 Å². The molecule has 0 unspecified atom stereocenters. The number of nitriles is 1. The second-order valence-electron chi connectivity index (χ2n) is 8.26. The van der Waals surface area contributed by atoms with Crippen LogP contribution in [0, 0.1) is 11.3 Å². The number of halogens is 3. The molecule has 0 amide bonds. The van der Waals surface area contributed by atoms with Crippen LogP contribution in [0.15, 0.2) is 58.8 Å². The molecule has 0 bridgehead atoms. The van der Waals surface area contributed by atoms with Gasteiger partial charge >= 0.3 is 6.18 Å². The lowest BCUT2D eigenvalue weighted by Crippen LogP contribution is -2.23. The van der Waals surface area contributed by atoms with Gasteiger partial charge in [0.15, 0.2) is 0 Å². The van der Waals surface area contributed by atoms with E-state index in [0.29, 0.717) is 24.4 Å². The van der Waals surface area contributed by atoms with Crippen molar-refractivity contribution in [2.75, 3.05) is 24.9 Å². The van der Waals surface area contributed by atoms with Crippen molar-refractivity contribution in [3.63, 3.8) is 0 Å². The summed E-state index contributed by atoms with van der Waals surface area (Å²) in [6.07, 6.45) is -4.23. The Bertz CT molecular complexity index is 1360. The maximum absolute atomic E-state index is 13.5. The molecule has 184 valence electrons. The zero-order valence-corrected chi connectivity index (χ0v) is 20.3. The van der Waals surface area contributed by atoms with Gasteiger partial charge in [-0.2, -0.15) is 18.4 Å². The molecule has 0 spiro atoms. The van der Waals surface area contributed by atoms with E-state index in [9.17, 15) is 21.6 Å². The number of benzene rings is 2. The van der Waals surface area contributed by atoms with Gasteiger partial charge in [-0.25, -0.2) is 8.42 Å². The lowest BCUT2D eigenvalue weighted by molar-refractivity contribution is -0.139. The molecule has 2 aromatic carbocycles. The van der Waals surface area contributed by atoms with Crippen LogP contribution < -0.4 is 9.46 Å². The van der Waals surface area contributed by atoms with E-state index in [1.807, 2.05) is 30.1 Å². The topological polar surface area (TPSA) is 82.4 Å². The Morgan fingerprint density at radius 1 is 1.20 bits per heavy atom. The number of likely N-dealkylation sites (tertiary alicyclic amines) is 1. The highest BCUT2D eigenvalue weighted by atomic mass is 32.2. The molecular formula is C24H22F3N3O3S2. The summed E-state index contributed by atoms with van der Waals surface area (Å²) in [5.74, 6) is -0.404. The number of sulfonamides is 1. The summed E-state index contributed by atoms with van der Waals surface area (Å²) >= 11 is 1.03. The number of nitrogens with one attached hydrogen (secondary N) is 1. The molecule has 4 rings (SSSR count). The minimum absolute atomic E-state index is 0.0120. The van der Waals surface area contributed by atoms with E-state index >= 15 is 0 Å². The zero-order valence-electron chi connectivity index (χ0n) is 18.7. The Morgan fingerprint density at radius 3 is 2.69 bits per heavy atom. The molecule has 1 aromatic heterocycles. The fraction of sp³-hybridized carbons (Fsp3) is 0.292. The van der Waals surface area contributed by atoms with Gasteiger partial charge in [-0.3, -0.25) is 4.72 Å². The van der Waals surface area contributed by atoms with Crippen LogP contribution in [0.4, 0.5) is 18.9 Å². The van der Waals surface area contributed by atoms with Crippen molar-refractivity contribution in [2.45, 2.75) is 29.3 Å². The maximum Gasteiger partial charge on any atom is 0.419 e. The third-order valence-electron chi connectivity index (χ3n) is 5.52. The minimum atomic E-state index is -4.64. The van der Waals surface area contributed by atoms with Crippen molar-refractivity contribution in [3.05, 3.63) is 65.7 Å². The molecular weight excluding hydrogens is 499 g/mol. The SMILES string of the molecule is CN1CC[C@@H](Oc2cc(NS(=O)(=O)c3ccc(-c4cccc(CC#N)c4)s3)ccc2C(F)(F)F)C1. The predicted octanol–water partition coefficient (Wildman–Crippen LogP) is 5.38. The fourth-order valence-electron chi connectivity index (χ4n) is 3.84. The van der Waals surface area contributed by atoms with Crippen LogP contribution in [0.3, 0.4) is 0 Å². The molecule has 2 heterocycles. The number of hydrogen-bond acceptors (Lipinski definition) is 6. The second-order valence-corrected chi connectivity index (χ2v) is 11.3. The molecule has 6 nitrogen and oxygen atoms in total. The Labute approximate surface area is 205 Å². The third kappa shape index (κ3) is 5.96. The number of likely N-dealkylation sites (N-methyl/N-ethyl adjacent to an activating group) is 1. The summed E-state index contributed by atoms with van der Waals surface area (Å²) in [4.78, 5) is 2.64. The Hall–Kier alpha value is -3.07. The Kier molecular flexibility index (Phi) is 7.07. The van der Waals surface area contributed by atoms with Gasteiger partial charge in [-0.05, 0) is 54.9 Å². The van der Waals surface area contributed by atoms with Gasteiger partial charge in [0, 0.05) is 24.0 Å². The first-order valence-electron chi connectivity index (χ1n) is 10.7. The summed E-state index contributed by atoms with van der Waals surface area (Å²) in [6, 6.07) is 15.4. The zero-order chi connectivity index (χ0) is 25.2. The quantitative estimate of drug-likeness (QED) is 0.451. The van der Waals surface area contributed by atoms with Crippen LogP contribution in [0.5, 0.6) is 5.75 Å². The predicted molar refractivity (Wildman–Crippen MR) is 128 cm³/mol. The van der Waals surface area contributed by atoms with Gasteiger partial charge in [-0.1, -0.05) is 18.2 Å². The minimum Gasteiger partial charge on any atom is -0.488 e. The van der Waals surface area contributed by atoms with E-state index in [1.54, 1.807) is 12.1 Å². The van der Waals surface area contributed by atoms with Crippen LogP contribution in [-0.4, -0.2) is 39.6 Å². The lowest BCUT2D eigenvalue weighted by atomic mass is 10.1. The van der Waals surface area contributed by atoms with Crippen molar-refractivity contribution < 1.29 is 26.3 Å². The molecule has 35 heavy (non-hydrogen) atoms. The summed E-state index contributed by atoms with van der Waals surface area (Å²) in [5, 5.41) is 8.90. The highest BCUT2D eigenvalue weighted by Gasteiger charge is 2.36. The van der Waals surface area contributed by atoms with Crippen LogP contribution in [0.25, 0.3) is 10.4 Å². The summed E-state index contributed by atoms with van der Waals surface area (Å²) in [7, 11) is -2.20. The number of thiophene rings is 1. The molecule has 0 aliphatic carbocycles. The van der Waals surface area contributed by atoms with E-state index in [0.717, 1.165) is 40.7 Å². The average Bonchev–Trinajstić information content (AvgIpc) is 3.43. The largest absolute Gasteiger partial charge is 0.488 e. The molecule has 1 aliphatic heterocycles. The van der Waals surface area contributed by atoms with Crippen LogP contribution >= 0.6 is 11.3 Å². The van der Waals surface area contributed by atoms with Crippen molar-refractivity contribution >= 4 is 27.0 Å². The first-order chi connectivity index (χ1) is 16.5. The number of rotatable bonds is 7. The number of ether oxygens (including phenoxy) is 1. The standard InChI is InChI=1S/C24H22F3N3O3S2/c1-30-12-10-19(15-30)33-21-14-18(5-6-20(21)24(25,26)27)29-35(31,32)23-8-7-22(34-23)17-4-2-3-16(13-17)9-11-28/h2-8,13-14,19,29H,9-10,12,15H2,1H3/t19-/m1/s1. The maximum atomic E-state index is 13.5. The van der Waals surface area contributed by atoms with Crippen molar-refractivity contribution in [1.29, 1.82) is 5.26 Å². The van der Waals surface area contributed by atoms with Gasteiger partial charge < -0.3 is 9.64 Å². The van der Waals surface area contributed by atoms with Gasteiger partial charge in [-0.15, -0.1) is 11.3 Å². The van der Waals surface area contributed by atoms with Gasteiger partial charge in [0.05, 0.1) is 23.7 Å². The molecule has 1 N–H and O–H groups in total. The van der Waals surface area contributed by atoms with Crippen molar-refractivity contribution in [3.8, 4) is 22.3 Å². The van der Waals surface area contributed by atoms with Gasteiger partial charge in [0.25, 0.3) is 10.0 Å². The smallest absolute Gasteiger partial charge is 0.419 e. The highest BCUT2D eigenvalue weighted by molar-refractivity contribution is 7.94. The van der Waals surface area contributed by atoms with Gasteiger partial charge in [0.1, 0.15) is 16.1 Å². The average molecular weight is 522 g/mol. The molecule has 11 heteroatoms. The van der Waals surface area contributed by atoms with Gasteiger partial charge in [0.2, 0.25) is 0 Å². The molecule has 1 atom stereocenters. The van der Waals surface area contributed by atoms with Crippen molar-refractivity contribution in [1.82, 2.24) is 4.90 Å². The van der Waals surface area contributed by atoms with E-state index in [1.165, 1.54) is 6.07 Å². The Balaban J connectivity index is 1.58. The van der Waals surface area contributed by atoms with Crippen molar-refractivity contribution in [2.24, 2.45) is 0 Å². The molecule has 0 radical (unpaired) electrons.